The Labute approximate surface area is 146 Å². The van der Waals surface area contributed by atoms with Gasteiger partial charge in [0.1, 0.15) is 5.82 Å². The van der Waals surface area contributed by atoms with Gasteiger partial charge in [0.05, 0.1) is 21.8 Å². The molecule has 6 heteroatoms. The normalized spacial score (nSPS) is 16.5. The van der Waals surface area contributed by atoms with Crippen LogP contribution in [0.25, 0.3) is 0 Å². The Bertz CT molecular complexity index is 685. The summed E-state index contributed by atoms with van der Waals surface area (Å²) >= 11 is 12.1. The first-order valence-corrected chi connectivity index (χ1v) is 8.40. The minimum absolute atomic E-state index is 0.549. The van der Waals surface area contributed by atoms with Crippen LogP contribution in [0.3, 0.4) is 0 Å². The second kappa shape index (κ2) is 6.95. The third-order valence-corrected chi connectivity index (χ3v) is 4.79. The fourth-order valence-electron chi connectivity index (χ4n) is 2.72. The second-order valence-corrected chi connectivity index (χ2v) is 6.48. The average molecular weight is 352 g/mol. The summed E-state index contributed by atoms with van der Waals surface area (Å²) in [4.78, 5) is 9.06. The van der Waals surface area contributed by atoms with Crippen LogP contribution >= 0.6 is 23.2 Å². The molecule has 0 spiro atoms. The van der Waals surface area contributed by atoms with E-state index in [1.165, 1.54) is 0 Å². The van der Waals surface area contributed by atoms with E-state index in [0.717, 1.165) is 37.7 Å². The summed E-state index contributed by atoms with van der Waals surface area (Å²) in [6.45, 7) is 5.25. The lowest BCUT2D eigenvalue weighted by molar-refractivity contribution is 0.194. The van der Waals surface area contributed by atoms with Crippen molar-refractivity contribution < 1.29 is 5.11 Å². The molecule has 1 atom stereocenters. The number of aromatic nitrogens is 1. The second-order valence-electron chi connectivity index (χ2n) is 5.67. The van der Waals surface area contributed by atoms with E-state index in [0.29, 0.717) is 15.7 Å². The Balaban J connectivity index is 1.68. The van der Waals surface area contributed by atoms with E-state index >= 15 is 0 Å². The van der Waals surface area contributed by atoms with Crippen molar-refractivity contribution >= 4 is 34.7 Å². The molecule has 0 saturated carbocycles. The molecule has 3 rings (SSSR count). The smallest absolute Gasteiger partial charge is 0.129 e. The standard InChI is InChI=1S/C17H19Cl2N3O/c1-12(23)16-3-2-4-17(20-16)22-9-7-21(8-10-22)13-5-6-14(18)15(19)11-13/h2-6,11-12,23H,7-10H2,1H3. The third-order valence-electron chi connectivity index (χ3n) is 4.06. The van der Waals surface area contributed by atoms with Gasteiger partial charge in [-0.15, -0.1) is 0 Å². The molecule has 1 unspecified atom stereocenters. The summed E-state index contributed by atoms with van der Waals surface area (Å²) in [6, 6.07) is 11.5. The molecule has 1 aliphatic rings. The molecule has 4 nitrogen and oxygen atoms in total. The lowest BCUT2D eigenvalue weighted by Crippen LogP contribution is -2.46. The Morgan fingerprint density at radius 2 is 1.70 bits per heavy atom. The van der Waals surface area contributed by atoms with Crippen LogP contribution in [-0.4, -0.2) is 36.3 Å². The summed E-state index contributed by atoms with van der Waals surface area (Å²) in [5.74, 6) is 0.914. The number of piperazine rings is 1. The zero-order valence-electron chi connectivity index (χ0n) is 12.9. The molecule has 1 saturated heterocycles. The van der Waals surface area contributed by atoms with Crippen LogP contribution in [0.1, 0.15) is 18.7 Å². The highest BCUT2D eigenvalue weighted by Gasteiger charge is 2.19. The van der Waals surface area contributed by atoms with Crippen molar-refractivity contribution in [3.63, 3.8) is 0 Å². The van der Waals surface area contributed by atoms with E-state index in [9.17, 15) is 5.11 Å². The van der Waals surface area contributed by atoms with E-state index < -0.39 is 6.10 Å². The van der Waals surface area contributed by atoms with Crippen molar-refractivity contribution in [2.75, 3.05) is 36.0 Å². The van der Waals surface area contributed by atoms with Gasteiger partial charge in [0.15, 0.2) is 0 Å². The van der Waals surface area contributed by atoms with Gasteiger partial charge in [0, 0.05) is 31.9 Å². The van der Waals surface area contributed by atoms with Crippen molar-refractivity contribution in [1.82, 2.24) is 4.98 Å². The van der Waals surface area contributed by atoms with Crippen LogP contribution < -0.4 is 9.80 Å². The van der Waals surface area contributed by atoms with E-state index in [2.05, 4.69) is 14.8 Å². The summed E-state index contributed by atoms with van der Waals surface area (Å²) in [6.07, 6.45) is -0.549. The molecule has 1 N–H and O–H groups in total. The van der Waals surface area contributed by atoms with Crippen LogP contribution in [-0.2, 0) is 0 Å². The Kier molecular flexibility index (Phi) is 4.95. The van der Waals surface area contributed by atoms with E-state index in [4.69, 9.17) is 23.2 Å². The first-order chi connectivity index (χ1) is 11.0. The minimum atomic E-state index is -0.549. The molecular weight excluding hydrogens is 333 g/mol. The molecule has 1 fully saturated rings. The maximum atomic E-state index is 9.67. The predicted molar refractivity (Wildman–Crippen MR) is 95.8 cm³/mol. The van der Waals surface area contributed by atoms with Gasteiger partial charge in [0.25, 0.3) is 0 Å². The molecule has 2 aromatic rings. The molecular formula is C17H19Cl2N3O. The first-order valence-electron chi connectivity index (χ1n) is 7.64. The summed E-state index contributed by atoms with van der Waals surface area (Å²) in [7, 11) is 0. The van der Waals surface area contributed by atoms with Crippen LogP contribution in [0.5, 0.6) is 0 Å². The van der Waals surface area contributed by atoms with Gasteiger partial charge in [-0.05, 0) is 37.3 Å². The maximum absolute atomic E-state index is 9.67. The average Bonchev–Trinajstić information content (AvgIpc) is 2.57. The van der Waals surface area contributed by atoms with Crippen molar-refractivity contribution in [2.45, 2.75) is 13.0 Å². The molecule has 2 heterocycles. The summed E-state index contributed by atoms with van der Waals surface area (Å²) in [5, 5.41) is 10.8. The predicted octanol–water partition coefficient (Wildman–Crippen LogP) is 3.77. The number of pyridine rings is 1. The van der Waals surface area contributed by atoms with E-state index in [1.807, 2.05) is 36.4 Å². The fraction of sp³-hybridized carbons (Fsp3) is 0.353. The SMILES string of the molecule is CC(O)c1cccc(N2CCN(c3ccc(Cl)c(Cl)c3)CC2)n1. The van der Waals surface area contributed by atoms with E-state index in [1.54, 1.807) is 6.92 Å². The topological polar surface area (TPSA) is 39.6 Å². The molecule has 1 aromatic carbocycles. The van der Waals surface area contributed by atoms with Gasteiger partial charge < -0.3 is 14.9 Å². The maximum Gasteiger partial charge on any atom is 0.129 e. The van der Waals surface area contributed by atoms with Gasteiger partial charge in [-0.25, -0.2) is 4.98 Å². The lowest BCUT2D eigenvalue weighted by Gasteiger charge is -2.37. The molecule has 0 bridgehead atoms. The molecule has 1 aromatic heterocycles. The Morgan fingerprint density at radius 3 is 2.35 bits per heavy atom. The van der Waals surface area contributed by atoms with Crippen molar-refractivity contribution in [2.24, 2.45) is 0 Å². The number of aliphatic hydroxyl groups is 1. The highest BCUT2D eigenvalue weighted by molar-refractivity contribution is 6.42. The molecule has 23 heavy (non-hydrogen) atoms. The highest BCUT2D eigenvalue weighted by Crippen LogP contribution is 2.28. The molecule has 0 amide bonds. The fourth-order valence-corrected chi connectivity index (χ4v) is 3.02. The molecule has 122 valence electrons. The van der Waals surface area contributed by atoms with Crippen molar-refractivity contribution in [3.8, 4) is 0 Å². The number of halogens is 2. The minimum Gasteiger partial charge on any atom is -0.387 e. The van der Waals surface area contributed by atoms with Crippen LogP contribution in [0.2, 0.25) is 10.0 Å². The van der Waals surface area contributed by atoms with Crippen molar-refractivity contribution in [1.29, 1.82) is 0 Å². The quantitative estimate of drug-likeness (QED) is 0.913. The zero-order valence-corrected chi connectivity index (χ0v) is 14.4. The van der Waals surface area contributed by atoms with Gasteiger partial charge in [-0.2, -0.15) is 0 Å². The number of nitrogens with zero attached hydrogens (tertiary/aromatic N) is 3. The Hall–Kier alpha value is -1.49. The van der Waals surface area contributed by atoms with Crippen molar-refractivity contribution in [3.05, 3.63) is 52.1 Å². The number of anilines is 2. The monoisotopic (exact) mass is 351 g/mol. The highest BCUT2D eigenvalue weighted by atomic mass is 35.5. The van der Waals surface area contributed by atoms with Gasteiger partial charge in [-0.3, -0.25) is 0 Å². The molecule has 0 radical (unpaired) electrons. The summed E-state index contributed by atoms with van der Waals surface area (Å²) < 4.78 is 0. The van der Waals surface area contributed by atoms with Crippen LogP contribution in [0.15, 0.2) is 36.4 Å². The molecule has 0 aliphatic carbocycles. The number of hydrogen-bond acceptors (Lipinski definition) is 4. The lowest BCUT2D eigenvalue weighted by atomic mass is 10.2. The van der Waals surface area contributed by atoms with Gasteiger partial charge in [0.2, 0.25) is 0 Å². The van der Waals surface area contributed by atoms with Crippen LogP contribution in [0.4, 0.5) is 11.5 Å². The van der Waals surface area contributed by atoms with Crippen LogP contribution in [0, 0.1) is 0 Å². The zero-order chi connectivity index (χ0) is 16.4. The summed E-state index contributed by atoms with van der Waals surface area (Å²) in [5.41, 5.74) is 1.79. The number of benzene rings is 1. The van der Waals surface area contributed by atoms with Gasteiger partial charge in [-0.1, -0.05) is 29.3 Å². The van der Waals surface area contributed by atoms with Gasteiger partial charge >= 0.3 is 0 Å². The van der Waals surface area contributed by atoms with E-state index in [-0.39, 0.29) is 0 Å². The largest absolute Gasteiger partial charge is 0.387 e. The number of aliphatic hydroxyl groups excluding tert-OH is 1. The Morgan fingerprint density at radius 1 is 1.00 bits per heavy atom. The molecule has 1 aliphatic heterocycles. The first kappa shape index (κ1) is 16.4. The number of hydrogen-bond donors (Lipinski definition) is 1. The number of rotatable bonds is 3. The third kappa shape index (κ3) is 3.71.